The van der Waals surface area contributed by atoms with Gasteiger partial charge in [0.25, 0.3) is 0 Å². The van der Waals surface area contributed by atoms with Gasteiger partial charge < -0.3 is 4.52 Å². The lowest BCUT2D eigenvalue weighted by molar-refractivity contribution is -0.176. The van der Waals surface area contributed by atoms with Crippen LogP contribution in [0.1, 0.15) is 13.8 Å². The minimum atomic E-state index is -0.456. The highest BCUT2D eigenvalue weighted by atomic mass is 31.1. The van der Waals surface area contributed by atoms with E-state index in [0.717, 1.165) is 5.06 Å². The predicted octanol–water partition coefficient (Wildman–Crippen LogP) is 1.04. The van der Waals surface area contributed by atoms with Crippen LogP contribution < -0.4 is 0 Å². The van der Waals surface area contributed by atoms with Crippen LogP contribution in [0.15, 0.2) is 0 Å². The molecule has 15 heavy (non-hydrogen) atoms. The number of rotatable bonds is 5. The maximum absolute atomic E-state index is 11.6. The highest BCUT2D eigenvalue weighted by Crippen LogP contribution is 2.19. The molecule has 0 saturated heterocycles. The molecule has 0 aromatic carbocycles. The van der Waals surface area contributed by atoms with Crippen molar-refractivity contribution in [2.24, 2.45) is 11.8 Å². The summed E-state index contributed by atoms with van der Waals surface area (Å²) in [5.74, 6) is -1.48. The van der Waals surface area contributed by atoms with Crippen LogP contribution in [-0.4, -0.2) is 37.8 Å². The lowest BCUT2D eigenvalue weighted by Crippen LogP contribution is -2.36. The van der Waals surface area contributed by atoms with Gasteiger partial charge in [-0.15, -0.1) is 0 Å². The van der Waals surface area contributed by atoms with E-state index in [4.69, 9.17) is 9.36 Å². The number of hydrogen-bond donors (Lipinski definition) is 0. The van der Waals surface area contributed by atoms with Gasteiger partial charge in [-0.1, -0.05) is 13.8 Å². The fraction of sp³-hybridized carbons (Fsp3) is 0.778. The molecule has 1 amide bonds. The number of hydrogen-bond acceptors (Lipinski definition) is 4. The molecule has 0 spiro atoms. The van der Waals surface area contributed by atoms with E-state index in [0.29, 0.717) is 0 Å². The average molecular weight is 235 g/mol. The SMILES string of the molecule is CON(C)C(=O)C(C)C(C)C(=O)OPC. The third-order valence-electron chi connectivity index (χ3n) is 2.30. The molecular formula is C9H18NO4P. The van der Waals surface area contributed by atoms with Crippen molar-refractivity contribution in [3.63, 3.8) is 0 Å². The molecule has 0 aliphatic rings. The van der Waals surface area contributed by atoms with Crippen molar-refractivity contribution < 1.29 is 19.0 Å². The van der Waals surface area contributed by atoms with Crippen molar-refractivity contribution in [3.8, 4) is 0 Å². The predicted molar refractivity (Wildman–Crippen MR) is 58.4 cm³/mol. The molecule has 0 fully saturated rings. The van der Waals surface area contributed by atoms with Gasteiger partial charge in [0.05, 0.1) is 27.8 Å². The first-order chi connectivity index (χ1) is 6.95. The summed E-state index contributed by atoms with van der Waals surface area (Å²) in [5, 5.41) is 1.11. The maximum Gasteiger partial charge on any atom is 0.311 e. The van der Waals surface area contributed by atoms with Crippen LogP contribution in [0.4, 0.5) is 0 Å². The van der Waals surface area contributed by atoms with E-state index in [1.165, 1.54) is 14.2 Å². The Morgan fingerprint density at radius 2 is 1.80 bits per heavy atom. The molecule has 6 heteroatoms. The van der Waals surface area contributed by atoms with Crippen LogP contribution in [0.2, 0.25) is 0 Å². The minimum absolute atomic E-state index is 0.106. The smallest absolute Gasteiger partial charge is 0.311 e. The minimum Gasteiger partial charge on any atom is -0.448 e. The van der Waals surface area contributed by atoms with E-state index in [2.05, 4.69) is 0 Å². The van der Waals surface area contributed by atoms with Crippen LogP contribution in [0, 0.1) is 11.8 Å². The van der Waals surface area contributed by atoms with Crippen molar-refractivity contribution in [1.29, 1.82) is 0 Å². The molecule has 0 radical (unpaired) electrons. The molecule has 88 valence electrons. The summed E-state index contributed by atoms with van der Waals surface area (Å²) < 4.78 is 4.87. The molecule has 0 aliphatic heterocycles. The molecule has 5 nitrogen and oxygen atoms in total. The monoisotopic (exact) mass is 235 g/mol. The molecule has 0 heterocycles. The number of carbonyl (C=O) groups is 2. The van der Waals surface area contributed by atoms with Gasteiger partial charge in [-0.3, -0.25) is 14.4 Å². The zero-order valence-corrected chi connectivity index (χ0v) is 10.7. The Bertz CT molecular complexity index is 234. The second-order valence-corrected chi connectivity index (χ2v) is 3.83. The van der Waals surface area contributed by atoms with Gasteiger partial charge >= 0.3 is 5.97 Å². The molecule has 3 unspecified atom stereocenters. The fourth-order valence-corrected chi connectivity index (χ4v) is 1.38. The van der Waals surface area contributed by atoms with Crippen LogP contribution >= 0.6 is 8.81 Å². The van der Waals surface area contributed by atoms with Crippen molar-refractivity contribution >= 4 is 20.7 Å². The van der Waals surface area contributed by atoms with Crippen LogP contribution in [-0.2, 0) is 19.0 Å². The van der Waals surface area contributed by atoms with Crippen LogP contribution in [0.25, 0.3) is 0 Å². The Hall–Kier alpha value is -0.670. The molecule has 0 N–H and O–H groups in total. The van der Waals surface area contributed by atoms with Gasteiger partial charge in [0.2, 0.25) is 5.91 Å². The van der Waals surface area contributed by atoms with E-state index >= 15 is 0 Å². The summed E-state index contributed by atoms with van der Waals surface area (Å²) in [6.45, 7) is 5.12. The summed E-state index contributed by atoms with van der Waals surface area (Å²) in [5.41, 5.74) is 0. The number of hydroxylamine groups is 2. The quantitative estimate of drug-likeness (QED) is 0.528. The van der Waals surface area contributed by atoms with Crippen LogP contribution in [0.5, 0.6) is 0 Å². The molecular weight excluding hydrogens is 217 g/mol. The summed E-state index contributed by atoms with van der Waals surface area (Å²) >= 11 is 0. The van der Waals surface area contributed by atoms with Gasteiger partial charge in [0, 0.05) is 7.05 Å². The zero-order valence-electron chi connectivity index (χ0n) is 9.73. The van der Waals surface area contributed by atoms with Gasteiger partial charge in [-0.2, -0.15) is 0 Å². The van der Waals surface area contributed by atoms with E-state index in [9.17, 15) is 9.59 Å². The average Bonchev–Trinajstić information content (AvgIpc) is 2.25. The largest absolute Gasteiger partial charge is 0.448 e. The number of amides is 1. The first-order valence-electron chi connectivity index (χ1n) is 4.64. The van der Waals surface area contributed by atoms with E-state index < -0.39 is 11.8 Å². The lowest BCUT2D eigenvalue weighted by atomic mass is 9.95. The number of nitrogens with zero attached hydrogens (tertiary/aromatic N) is 1. The Balaban J connectivity index is 4.36. The fourth-order valence-electron chi connectivity index (χ4n) is 0.988. The standard InChI is InChI=1S/C9H18NO4P/c1-6(8(11)10(3)13-4)7(2)9(12)14-15-5/h6-7,15H,1-5H3. The van der Waals surface area contributed by atoms with Gasteiger partial charge in [0.1, 0.15) is 0 Å². The molecule has 0 aromatic rings. The topological polar surface area (TPSA) is 55.8 Å². The second kappa shape index (κ2) is 6.75. The summed E-state index contributed by atoms with van der Waals surface area (Å²) in [4.78, 5) is 27.7. The Morgan fingerprint density at radius 3 is 2.20 bits per heavy atom. The van der Waals surface area contributed by atoms with Crippen molar-refractivity contribution in [3.05, 3.63) is 0 Å². The first-order valence-corrected chi connectivity index (χ1v) is 6.05. The molecule has 0 saturated carbocycles. The third-order valence-corrected chi connectivity index (χ3v) is 2.70. The highest BCUT2D eigenvalue weighted by Gasteiger charge is 2.29. The molecule has 0 rings (SSSR count). The second-order valence-electron chi connectivity index (χ2n) is 3.22. The normalized spacial score (nSPS) is 15.0. The van der Waals surface area contributed by atoms with Crippen molar-refractivity contribution in [2.45, 2.75) is 13.8 Å². The lowest BCUT2D eigenvalue weighted by Gasteiger charge is -2.22. The Kier molecular flexibility index (Phi) is 6.45. The third kappa shape index (κ3) is 4.14. The van der Waals surface area contributed by atoms with Crippen molar-refractivity contribution in [1.82, 2.24) is 5.06 Å². The summed E-state index contributed by atoms with van der Waals surface area (Å²) in [7, 11) is 3.02. The Labute approximate surface area is 91.9 Å². The van der Waals surface area contributed by atoms with E-state index in [1.807, 2.05) is 0 Å². The summed E-state index contributed by atoms with van der Waals surface area (Å²) in [6.07, 6.45) is 0. The van der Waals surface area contributed by atoms with Gasteiger partial charge in [-0.25, -0.2) is 5.06 Å². The van der Waals surface area contributed by atoms with Crippen LogP contribution in [0.3, 0.4) is 0 Å². The zero-order chi connectivity index (χ0) is 12.0. The molecule has 3 atom stereocenters. The van der Waals surface area contributed by atoms with Gasteiger partial charge in [-0.05, 0) is 6.66 Å². The van der Waals surface area contributed by atoms with Gasteiger partial charge in [0.15, 0.2) is 0 Å². The molecule has 0 aromatic heterocycles. The summed E-state index contributed by atoms with van der Waals surface area (Å²) in [6, 6.07) is 0. The first kappa shape index (κ1) is 14.3. The number of carbonyl (C=O) groups excluding carboxylic acids is 2. The van der Waals surface area contributed by atoms with Crippen molar-refractivity contribution in [2.75, 3.05) is 20.8 Å². The molecule has 0 bridgehead atoms. The van der Waals surface area contributed by atoms with E-state index in [1.54, 1.807) is 20.5 Å². The van der Waals surface area contributed by atoms with E-state index in [-0.39, 0.29) is 20.7 Å². The maximum atomic E-state index is 11.6. The molecule has 0 aliphatic carbocycles. The Morgan fingerprint density at radius 1 is 1.27 bits per heavy atom. The highest BCUT2D eigenvalue weighted by molar-refractivity contribution is 7.31.